The van der Waals surface area contributed by atoms with E-state index in [1.807, 2.05) is 11.8 Å². The SMILES string of the molecule is Cc1cocc1C(N)C1CCCCS1. The first-order valence-electron chi connectivity index (χ1n) is 5.19. The lowest BCUT2D eigenvalue weighted by Crippen LogP contribution is -2.26. The Morgan fingerprint density at radius 1 is 1.50 bits per heavy atom. The van der Waals surface area contributed by atoms with Crippen molar-refractivity contribution < 1.29 is 4.42 Å². The zero-order valence-electron chi connectivity index (χ0n) is 8.53. The van der Waals surface area contributed by atoms with Gasteiger partial charge in [0.1, 0.15) is 0 Å². The Kier molecular flexibility index (Phi) is 3.19. The molecule has 1 aromatic rings. The van der Waals surface area contributed by atoms with Crippen molar-refractivity contribution >= 4 is 11.8 Å². The van der Waals surface area contributed by atoms with E-state index in [4.69, 9.17) is 10.2 Å². The molecular formula is C11H17NOS. The number of aryl methyl sites for hydroxylation is 1. The van der Waals surface area contributed by atoms with Crippen LogP contribution in [0.1, 0.15) is 36.4 Å². The summed E-state index contributed by atoms with van der Waals surface area (Å²) in [6, 6.07) is 0.152. The van der Waals surface area contributed by atoms with E-state index < -0.39 is 0 Å². The normalized spacial score (nSPS) is 24.9. The molecule has 0 spiro atoms. The van der Waals surface area contributed by atoms with E-state index in [1.165, 1.54) is 36.1 Å². The minimum absolute atomic E-state index is 0.152. The molecule has 0 radical (unpaired) electrons. The van der Waals surface area contributed by atoms with E-state index in [2.05, 4.69) is 6.92 Å². The van der Waals surface area contributed by atoms with Crippen molar-refractivity contribution in [3.63, 3.8) is 0 Å². The first-order valence-corrected chi connectivity index (χ1v) is 6.24. The van der Waals surface area contributed by atoms with Crippen LogP contribution < -0.4 is 5.73 Å². The molecule has 78 valence electrons. The highest BCUT2D eigenvalue weighted by molar-refractivity contribution is 8.00. The molecule has 0 aromatic carbocycles. The van der Waals surface area contributed by atoms with Crippen molar-refractivity contribution in [2.24, 2.45) is 5.73 Å². The molecule has 0 bridgehead atoms. The van der Waals surface area contributed by atoms with E-state index in [-0.39, 0.29) is 6.04 Å². The van der Waals surface area contributed by atoms with E-state index in [0.29, 0.717) is 5.25 Å². The van der Waals surface area contributed by atoms with Gasteiger partial charge in [-0.2, -0.15) is 11.8 Å². The molecule has 2 unspecified atom stereocenters. The summed E-state index contributed by atoms with van der Waals surface area (Å²) in [6.07, 6.45) is 7.49. The largest absolute Gasteiger partial charge is 0.472 e. The fourth-order valence-corrected chi connectivity index (χ4v) is 3.32. The Hall–Kier alpha value is -0.410. The van der Waals surface area contributed by atoms with Gasteiger partial charge in [0.15, 0.2) is 0 Å². The first-order chi connectivity index (χ1) is 6.79. The molecule has 0 amide bonds. The van der Waals surface area contributed by atoms with Gasteiger partial charge in [-0.25, -0.2) is 0 Å². The van der Waals surface area contributed by atoms with Crippen LogP contribution in [0.3, 0.4) is 0 Å². The van der Waals surface area contributed by atoms with Crippen LogP contribution in [0.25, 0.3) is 0 Å². The smallest absolute Gasteiger partial charge is 0.0953 e. The second kappa shape index (κ2) is 4.41. The molecule has 14 heavy (non-hydrogen) atoms. The van der Waals surface area contributed by atoms with E-state index in [0.717, 1.165) is 0 Å². The predicted molar refractivity (Wildman–Crippen MR) is 60.5 cm³/mol. The molecule has 3 heteroatoms. The van der Waals surface area contributed by atoms with Crippen LogP contribution in [-0.2, 0) is 0 Å². The van der Waals surface area contributed by atoms with Crippen LogP contribution in [0.15, 0.2) is 16.9 Å². The molecular weight excluding hydrogens is 194 g/mol. The summed E-state index contributed by atoms with van der Waals surface area (Å²) in [7, 11) is 0. The number of thioether (sulfide) groups is 1. The molecule has 0 aliphatic carbocycles. The van der Waals surface area contributed by atoms with Crippen LogP contribution in [0.2, 0.25) is 0 Å². The van der Waals surface area contributed by atoms with Gasteiger partial charge >= 0.3 is 0 Å². The summed E-state index contributed by atoms with van der Waals surface area (Å²) < 4.78 is 5.17. The fourth-order valence-electron chi connectivity index (χ4n) is 1.96. The zero-order valence-corrected chi connectivity index (χ0v) is 9.35. The van der Waals surface area contributed by atoms with Crippen molar-refractivity contribution in [2.45, 2.75) is 37.5 Å². The molecule has 1 fully saturated rings. The predicted octanol–water partition coefficient (Wildman–Crippen LogP) is 2.87. The van der Waals surface area contributed by atoms with Crippen LogP contribution in [0, 0.1) is 6.92 Å². The van der Waals surface area contributed by atoms with Crippen molar-refractivity contribution in [2.75, 3.05) is 5.75 Å². The number of nitrogens with two attached hydrogens (primary N) is 1. The Morgan fingerprint density at radius 3 is 2.93 bits per heavy atom. The van der Waals surface area contributed by atoms with Gasteiger partial charge in [-0.05, 0) is 31.1 Å². The van der Waals surface area contributed by atoms with Crippen LogP contribution >= 0.6 is 11.8 Å². The van der Waals surface area contributed by atoms with Gasteiger partial charge in [0.2, 0.25) is 0 Å². The zero-order chi connectivity index (χ0) is 9.97. The summed E-state index contributed by atoms with van der Waals surface area (Å²) in [5.74, 6) is 1.26. The third kappa shape index (κ3) is 1.98. The van der Waals surface area contributed by atoms with Gasteiger partial charge in [-0.15, -0.1) is 0 Å². The standard InChI is InChI=1S/C11H17NOS/c1-8-6-13-7-9(8)11(12)10-4-2-3-5-14-10/h6-7,10-11H,2-5,12H2,1H3. The summed E-state index contributed by atoms with van der Waals surface area (Å²) >= 11 is 2.01. The molecule has 2 atom stereocenters. The van der Waals surface area contributed by atoms with Gasteiger partial charge < -0.3 is 10.2 Å². The Bertz CT molecular complexity index is 291. The molecule has 1 aromatic heterocycles. The number of rotatable bonds is 2. The maximum atomic E-state index is 6.23. The summed E-state index contributed by atoms with van der Waals surface area (Å²) in [6.45, 7) is 2.06. The van der Waals surface area contributed by atoms with E-state index >= 15 is 0 Å². The first kappa shape index (κ1) is 10.1. The molecule has 1 saturated heterocycles. The topological polar surface area (TPSA) is 39.2 Å². The highest BCUT2D eigenvalue weighted by Crippen LogP contribution is 2.34. The highest BCUT2D eigenvalue weighted by Gasteiger charge is 2.24. The highest BCUT2D eigenvalue weighted by atomic mass is 32.2. The van der Waals surface area contributed by atoms with Crippen LogP contribution in [0.4, 0.5) is 0 Å². The Morgan fingerprint density at radius 2 is 2.36 bits per heavy atom. The maximum Gasteiger partial charge on any atom is 0.0953 e. The summed E-state index contributed by atoms with van der Waals surface area (Å²) in [5.41, 5.74) is 8.60. The molecule has 2 rings (SSSR count). The van der Waals surface area contributed by atoms with Crippen molar-refractivity contribution in [3.05, 3.63) is 23.7 Å². The van der Waals surface area contributed by atoms with Gasteiger partial charge in [0.25, 0.3) is 0 Å². The lowest BCUT2D eigenvalue weighted by atomic mass is 10.0. The number of furan rings is 1. The minimum atomic E-state index is 0.152. The van der Waals surface area contributed by atoms with Gasteiger partial charge in [-0.1, -0.05) is 6.42 Å². The third-order valence-electron chi connectivity index (χ3n) is 2.87. The fraction of sp³-hybridized carbons (Fsp3) is 0.636. The quantitative estimate of drug-likeness (QED) is 0.817. The molecule has 1 aliphatic rings. The van der Waals surface area contributed by atoms with Gasteiger partial charge in [0, 0.05) is 16.9 Å². The third-order valence-corrected chi connectivity index (χ3v) is 4.35. The number of hydrogen-bond acceptors (Lipinski definition) is 3. The molecule has 0 saturated carbocycles. The molecule has 1 aliphatic heterocycles. The van der Waals surface area contributed by atoms with Crippen molar-refractivity contribution in [1.29, 1.82) is 0 Å². The van der Waals surface area contributed by atoms with Crippen molar-refractivity contribution in [1.82, 2.24) is 0 Å². The average molecular weight is 211 g/mol. The van der Waals surface area contributed by atoms with E-state index in [9.17, 15) is 0 Å². The molecule has 2 N–H and O–H groups in total. The Balaban J connectivity index is 2.07. The summed E-state index contributed by atoms with van der Waals surface area (Å²) in [4.78, 5) is 0. The van der Waals surface area contributed by atoms with Crippen molar-refractivity contribution in [3.8, 4) is 0 Å². The maximum absolute atomic E-state index is 6.23. The minimum Gasteiger partial charge on any atom is -0.472 e. The van der Waals surface area contributed by atoms with Gasteiger partial charge in [0.05, 0.1) is 12.5 Å². The monoisotopic (exact) mass is 211 g/mol. The second-order valence-corrected chi connectivity index (χ2v) is 5.29. The molecule has 2 heterocycles. The second-order valence-electron chi connectivity index (χ2n) is 3.94. The van der Waals surface area contributed by atoms with E-state index in [1.54, 1.807) is 12.5 Å². The lowest BCUT2D eigenvalue weighted by molar-refractivity contribution is 0.545. The lowest BCUT2D eigenvalue weighted by Gasteiger charge is -2.26. The van der Waals surface area contributed by atoms with Crippen LogP contribution in [0.5, 0.6) is 0 Å². The average Bonchev–Trinajstić information content (AvgIpc) is 2.65. The van der Waals surface area contributed by atoms with Gasteiger partial charge in [-0.3, -0.25) is 0 Å². The number of hydrogen-bond donors (Lipinski definition) is 1. The summed E-state index contributed by atoms with van der Waals surface area (Å²) in [5, 5.41) is 0.583. The Labute approximate surface area is 89.2 Å². The van der Waals surface area contributed by atoms with Crippen LogP contribution in [-0.4, -0.2) is 11.0 Å². The molecule has 2 nitrogen and oxygen atoms in total.